The first kappa shape index (κ1) is 11.4. The summed E-state index contributed by atoms with van der Waals surface area (Å²) >= 11 is 7.46. The Kier molecular flexibility index (Phi) is 3.75. The molecular formula is C13H12ClNS. The van der Waals surface area contributed by atoms with Crippen molar-refractivity contribution >= 4 is 35.1 Å². The van der Waals surface area contributed by atoms with Gasteiger partial charge in [0.15, 0.2) is 0 Å². The van der Waals surface area contributed by atoms with E-state index in [2.05, 4.69) is 30.1 Å². The maximum Gasteiger partial charge on any atom is 0.116 e. The summed E-state index contributed by atoms with van der Waals surface area (Å²) in [6.45, 7) is 2.05. The molecule has 0 N–H and O–H groups in total. The first-order chi connectivity index (χ1) is 7.79. The molecule has 0 spiro atoms. The standard InChI is InChI=1S/C13H12ClNS/c1-10-12(9-14)15-13(16-10)8-7-11-5-3-2-4-6-11/h2-8H,9H2,1H3. The van der Waals surface area contributed by atoms with E-state index in [1.807, 2.05) is 24.3 Å². The highest BCUT2D eigenvalue weighted by Crippen LogP contribution is 2.20. The summed E-state index contributed by atoms with van der Waals surface area (Å²) in [4.78, 5) is 5.64. The lowest BCUT2D eigenvalue weighted by atomic mass is 10.2. The van der Waals surface area contributed by atoms with E-state index < -0.39 is 0 Å². The summed E-state index contributed by atoms with van der Waals surface area (Å²) in [5.41, 5.74) is 2.17. The molecule has 3 heteroatoms. The summed E-state index contributed by atoms with van der Waals surface area (Å²) in [6.07, 6.45) is 4.10. The number of rotatable bonds is 3. The molecule has 16 heavy (non-hydrogen) atoms. The Hall–Kier alpha value is -1.12. The molecule has 82 valence electrons. The predicted molar refractivity (Wildman–Crippen MR) is 71.8 cm³/mol. The molecule has 0 aliphatic carbocycles. The topological polar surface area (TPSA) is 12.9 Å². The van der Waals surface area contributed by atoms with Crippen LogP contribution in [0.2, 0.25) is 0 Å². The summed E-state index contributed by atoms with van der Waals surface area (Å²) in [7, 11) is 0. The van der Waals surface area contributed by atoms with Crippen molar-refractivity contribution < 1.29 is 0 Å². The Labute approximate surface area is 104 Å². The Morgan fingerprint density at radius 1 is 1.25 bits per heavy atom. The highest BCUT2D eigenvalue weighted by molar-refractivity contribution is 7.12. The number of hydrogen-bond acceptors (Lipinski definition) is 2. The van der Waals surface area contributed by atoms with Crippen LogP contribution < -0.4 is 0 Å². The summed E-state index contributed by atoms with van der Waals surface area (Å²) < 4.78 is 0. The predicted octanol–water partition coefficient (Wildman–Crippen LogP) is 4.36. The van der Waals surface area contributed by atoms with E-state index in [1.165, 1.54) is 10.4 Å². The molecule has 0 atom stereocenters. The Morgan fingerprint density at radius 3 is 2.62 bits per heavy atom. The number of aromatic nitrogens is 1. The van der Waals surface area contributed by atoms with Gasteiger partial charge in [-0.05, 0) is 18.6 Å². The van der Waals surface area contributed by atoms with Gasteiger partial charge in [-0.1, -0.05) is 36.4 Å². The van der Waals surface area contributed by atoms with Crippen LogP contribution in [0.4, 0.5) is 0 Å². The van der Waals surface area contributed by atoms with Gasteiger partial charge in [0.2, 0.25) is 0 Å². The number of benzene rings is 1. The molecule has 0 unspecified atom stereocenters. The molecule has 0 bridgehead atoms. The van der Waals surface area contributed by atoms with E-state index >= 15 is 0 Å². The van der Waals surface area contributed by atoms with E-state index in [4.69, 9.17) is 11.6 Å². The zero-order valence-electron chi connectivity index (χ0n) is 8.98. The third kappa shape index (κ3) is 2.71. The molecular weight excluding hydrogens is 238 g/mol. The molecule has 2 rings (SSSR count). The highest BCUT2D eigenvalue weighted by atomic mass is 35.5. The van der Waals surface area contributed by atoms with Gasteiger partial charge in [0.1, 0.15) is 5.01 Å². The third-order valence-electron chi connectivity index (χ3n) is 2.25. The van der Waals surface area contributed by atoms with Crippen molar-refractivity contribution in [2.24, 2.45) is 0 Å². The van der Waals surface area contributed by atoms with Gasteiger partial charge >= 0.3 is 0 Å². The fraction of sp³-hybridized carbons (Fsp3) is 0.154. The van der Waals surface area contributed by atoms with Crippen LogP contribution in [0, 0.1) is 6.92 Å². The number of hydrogen-bond donors (Lipinski definition) is 0. The molecule has 1 nitrogen and oxygen atoms in total. The summed E-state index contributed by atoms with van der Waals surface area (Å²) in [5.74, 6) is 0.488. The molecule has 0 aliphatic rings. The van der Waals surface area contributed by atoms with E-state index in [0.29, 0.717) is 5.88 Å². The van der Waals surface area contributed by atoms with E-state index in [0.717, 1.165) is 10.7 Å². The van der Waals surface area contributed by atoms with Gasteiger partial charge in [0.25, 0.3) is 0 Å². The average molecular weight is 250 g/mol. The average Bonchev–Trinajstić information content (AvgIpc) is 2.69. The van der Waals surface area contributed by atoms with Gasteiger partial charge in [-0.15, -0.1) is 22.9 Å². The number of halogens is 1. The summed E-state index contributed by atoms with van der Waals surface area (Å²) in [5, 5.41) is 1.01. The zero-order valence-corrected chi connectivity index (χ0v) is 10.6. The van der Waals surface area contributed by atoms with Crippen molar-refractivity contribution in [1.82, 2.24) is 4.98 Å². The van der Waals surface area contributed by atoms with Crippen LogP contribution in [0.25, 0.3) is 12.2 Å². The van der Waals surface area contributed by atoms with Gasteiger partial charge in [-0.3, -0.25) is 0 Å². The van der Waals surface area contributed by atoms with Gasteiger partial charge in [-0.25, -0.2) is 4.98 Å². The number of alkyl halides is 1. The minimum Gasteiger partial charge on any atom is -0.240 e. The largest absolute Gasteiger partial charge is 0.240 e. The van der Waals surface area contributed by atoms with Crippen LogP contribution in [0.5, 0.6) is 0 Å². The first-order valence-electron chi connectivity index (χ1n) is 5.05. The van der Waals surface area contributed by atoms with Crippen LogP contribution >= 0.6 is 22.9 Å². The van der Waals surface area contributed by atoms with Crippen LogP contribution in [0.15, 0.2) is 30.3 Å². The summed E-state index contributed by atoms with van der Waals surface area (Å²) in [6, 6.07) is 10.2. The van der Waals surface area contributed by atoms with Crippen molar-refractivity contribution in [3.63, 3.8) is 0 Å². The zero-order chi connectivity index (χ0) is 11.4. The van der Waals surface area contributed by atoms with Crippen molar-refractivity contribution in [3.05, 3.63) is 51.5 Å². The van der Waals surface area contributed by atoms with Crippen LogP contribution in [-0.2, 0) is 5.88 Å². The van der Waals surface area contributed by atoms with Crippen molar-refractivity contribution in [2.45, 2.75) is 12.8 Å². The first-order valence-corrected chi connectivity index (χ1v) is 6.40. The quantitative estimate of drug-likeness (QED) is 0.737. The number of nitrogens with zero attached hydrogens (tertiary/aromatic N) is 1. The van der Waals surface area contributed by atoms with Gasteiger partial charge < -0.3 is 0 Å². The second-order valence-electron chi connectivity index (χ2n) is 3.43. The second kappa shape index (κ2) is 5.28. The van der Waals surface area contributed by atoms with Crippen LogP contribution in [-0.4, -0.2) is 4.98 Å². The monoisotopic (exact) mass is 249 g/mol. The Morgan fingerprint density at radius 2 is 2.00 bits per heavy atom. The smallest absolute Gasteiger partial charge is 0.116 e. The Bertz CT molecular complexity index is 488. The van der Waals surface area contributed by atoms with Crippen molar-refractivity contribution in [2.75, 3.05) is 0 Å². The maximum absolute atomic E-state index is 5.78. The van der Waals surface area contributed by atoms with Gasteiger partial charge in [-0.2, -0.15) is 0 Å². The lowest BCUT2D eigenvalue weighted by Crippen LogP contribution is -1.79. The van der Waals surface area contributed by atoms with E-state index in [9.17, 15) is 0 Å². The molecule has 1 aromatic carbocycles. The molecule has 2 aromatic rings. The third-order valence-corrected chi connectivity index (χ3v) is 3.49. The fourth-order valence-corrected chi connectivity index (χ4v) is 2.56. The van der Waals surface area contributed by atoms with E-state index in [1.54, 1.807) is 11.3 Å². The molecule has 1 heterocycles. The molecule has 0 aliphatic heterocycles. The Balaban J connectivity index is 2.18. The second-order valence-corrected chi connectivity index (χ2v) is 4.93. The van der Waals surface area contributed by atoms with E-state index in [-0.39, 0.29) is 0 Å². The van der Waals surface area contributed by atoms with Gasteiger partial charge in [0, 0.05) is 4.88 Å². The SMILES string of the molecule is Cc1sc(C=Cc2ccccc2)nc1CCl. The van der Waals surface area contributed by atoms with Crippen molar-refractivity contribution in [3.8, 4) is 0 Å². The minimum absolute atomic E-state index is 0.488. The fourth-order valence-electron chi connectivity index (χ4n) is 1.38. The van der Waals surface area contributed by atoms with Crippen molar-refractivity contribution in [1.29, 1.82) is 0 Å². The van der Waals surface area contributed by atoms with Crippen LogP contribution in [0.1, 0.15) is 21.1 Å². The maximum atomic E-state index is 5.78. The van der Waals surface area contributed by atoms with Crippen LogP contribution in [0.3, 0.4) is 0 Å². The molecule has 1 aromatic heterocycles. The van der Waals surface area contributed by atoms with Gasteiger partial charge in [0.05, 0.1) is 11.6 Å². The lowest BCUT2D eigenvalue weighted by Gasteiger charge is -1.89. The highest BCUT2D eigenvalue weighted by Gasteiger charge is 2.03. The molecule has 0 fully saturated rings. The molecule has 0 saturated heterocycles. The minimum atomic E-state index is 0.488. The number of thiazole rings is 1. The molecule has 0 saturated carbocycles. The lowest BCUT2D eigenvalue weighted by molar-refractivity contribution is 1.18. The number of aryl methyl sites for hydroxylation is 1. The molecule has 0 radical (unpaired) electrons. The normalized spacial score (nSPS) is 11.1. The molecule has 0 amide bonds.